The van der Waals surface area contributed by atoms with Crippen LogP contribution in [0.1, 0.15) is 30.8 Å². The van der Waals surface area contributed by atoms with Gasteiger partial charge in [-0.1, -0.05) is 0 Å². The molecule has 0 bridgehead atoms. The number of carboxylic acids is 1. The fourth-order valence-corrected chi connectivity index (χ4v) is 3.05. The lowest BCUT2D eigenvalue weighted by Crippen LogP contribution is -2.29. The van der Waals surface area contributed by atoms with Crippen molar-refractivity contribution in [2.24, 2.45) is 5.92 Å². The zero-order valence-corrected chi connectivity index (χ0v) is 10.4. The molecule has 0 radical (unpaired) electrons. The molecular formula is C13H19N3O2. The van der Waals surface area contributed by atoms with Gasteiger partial charge in [0.2, 0.25) is 0 Å². The highest BCUT2D eigenvalue weighted by Gasteiger charge is 2.27. The highest BCUT2D eigenvalue weighted by atomic mass is 16.4. The van der Waals surface area contributed by atoms with E-state index in [0.29, 0.717) is 12.5 Å². The molecule has 3 rings (SSSR count). The van der Waals surface area contributed by atoms with Crippen molar-refractivity contribution in [2.75, 3.05) is 6.54 Å². The molecule has 0 aliphatic carbocycles. The molecule has 2 atom stereocenters. The van der Waals surface area contributed by atoms with Crippen LogP contribution in [0.4, 0.5) is 0 Å². The molecule has 0 spiro atoms. The molecule has 1 aromatic heterocycles. The average molecular weight is 249 g/mol. The molecule has 1 fully saturated rings. The minimum absolute atomic E-state index is 0.230. The number of carbonyl (C=O) groups is 1. The van der Waals surface area contributed by atoms with Crippen LogP contribution in [0.5, 0.6) is 0 Å². The van der Waals surface area contributed by atoms with E-state index < -0.39 is 5.97 Å². The molecule has 0 amide bonds. The SMILES string of the molecule is O=C(O)C1CCn2c(cnc2CC2CCCN2)C1. The second-order valence-corrected chi connectivity index (χ2v) is 5.34. The summed E-state index contributed by atoms with van der Waals surface area (Å²) >= 11 is 0. The average Bonchev–Trinajstić information content (AvgIpc) is 2.99. The fraction of sp³-hybridized carbons (Fsp3) is 0.692. The zero-order valence-electron chi connectivity index (χ0n) is 10.4. The summed E-state index contributed by atoms with van der Waals surface area (Å²) in [5.41, 5.74) is 1.08. The van der Waals surface area contributed by atoms with Gasteiger partial charge in [0.1, 0.15) is 5.82 Å². The normalized spacial score (nSPS) is 27.1. The maximum Gasteiger partial charge on any atom is 0.306 e. The summed E-state index contributed by atoms with van der Waals surface area (Å²) in [6.45, 7) is 1.91. The summed E-state index contributed by atoms with van der Waals surface area (Å²) in [5, 5.41) is 12.5. The topological polar surface area (TPSA) is 67.1 Å². The molecule has 3 heterocycles. The largest absolute Gasteiger partial charge is 0.481 e. The van der Waals surface area contributed by atoms with Gasteiger partial charge in [-0.05, 0) is 25.8 Å². The Labute approximate surface area is 106 Å². The van der Waals surface area contributed by atoms with Crippen molar-refractivity contribution in [3.05, 3.63) is 17.7 Å². The Bertz CT molecular complexity index is 449. The van der Waals surface area contributed by atoms with Crippen LogP contribution in [0.2, 0.25) is 0 Å². The van der Waals surface area contributed by atoms with Crippen molar-refractivity contribution < 1.29 is 9.90 Å². The van der Waals surface area contributed by atoms with Crippen LogP contribution in [0.15, 0.2) is 6.20 Å². The van der Waals surface area contributed by atoms with E-state index >= 15 is 0 Å². The summed E-state index contributed by atoms with van der Waals surface area (Å²) in [6.07, 6.45) is 6.65. The molecule has 1 aromatic rings. The number of hydrogen-bond acceptors (Lipinski definition) is 3. The Morgan fingerprint density at radius 2 is 2.44 bits per heavy atom. The predicted molar refractivity (Wildman–Crippen MR) is 66.4 cm³/mol. The molecule has 98 valence electrons. The third kappa shape index (κ3) is 2.14. The fourth-order valence-electron chi connectivity index (χ4n) is 3.05. The minimum Gasteiger partial charge on any atom is -0.481 e. The summed E-state index contributed by atoms with van der Waals surface area (Å²) < 4.78 is 2.22. The van der Waals surface area contributed by atoms with Crippen LogP contribution in [0, 0.1) is 5.92 Å². The van der Waals surface area contributed by atoms with Crippen molar-refractivity contribution in [2.45, 2.75) is 44.7 Å². The Hall–Kier alpha value is -1.36. The molecule has 2 unspecified atom stereocenters. The molecule has 5 heteroatoms. The van der Waals surface area contributed by atoms with E-state index in [1.807, 2.05) is 6.20 Å². The van der Waals surface area contributed by atoms with E-state index in [0.717, 1.165) is 37.4 Å². The standard InChI is InChI=1S/C13H19N3O2/c17-13(18)9-3-5-16-11(6-9)8-15-12(16)7-10-2-1-4-14-10/h8-10,14H,1-7H2,(H,17,18). The third-order valence-corrected chi connectivity index (χ3v) is 4.12. The van der Waals surface area contributed by atoms with Gasteiger partial charge in [-0.3, -0.25) is 4.79 Å². The van der Waals surface area contributed by atoms with Crippen LogP contribution in [-0.2, 0) is 24.2 Å². The van der Waals surface area contributed by atoms with Crippen LogP contribution < -0.4 is 5.32 Å². The zero-order chi connectivity index (χ0) is 12.5. The first-order valence-corrected chi connectivity index (χ1v) is 6.73. The molecular weight excluding hydrogens is 230 g/mol. The summed E-state index contributed by atoms with van der Waals surface area (Å²) in [7, 11) is 0. The monoisotopic (exact) mass is 249 g/mol. The molecule has 18 heavy (non-hydrogen) atoms. The molecule has 0 saturated carbocycles. The van der Waals surface area contributed by atoms with Crippen LogP contribution in [0.25, 0.3) is 0 Å². The number of imidazole rings is 1. The number of carboxylic acid groups (broad SMARTS) is 1. The number of rotatable bonds is 3. The molecule has 0 aromatic carbocycles. The molecule has 2 aliphatic rings. The predicted octanol–water partition coefficient (Wildman–Crippen LogP) is 0.825. The van der Waals surface area contributed by atoms with Gasteiger partial charge in [0.15, 0.2) is 0 Å². The van der Waals surface area contributed by atoms with Crippen LogP contribution >= 0.6 is 0 Å². The summed E-state index contributed by atoms with van der Waals surface area (Å²) in [6, 6.07) is 0.550. The molecule has 5 nitrogen and oxygen atoms in total. The van der Waals surface area contributed by atoms with E-state index in [9.17, 15) is 4.79 Å². The first-order chi connectivity index (χ1) is 8.74. The van der Waals surface area contributed by atoms with E-state index in [1.165, 1.54) is 12.8 Å². The van der Waals surface area contributed by atoms with Gasteiger partial charge in [0.25, 0.3) is 0 Å². The quantitative estimate of drug-likeness (QED) is 0.832. The second kappa shape index (κ2) is 4.72. The lowest BCUT2D eigenvalue weighted by molar-refractivity contribution is -0.142. The summed E-state index contributed by atoms with van der Waals surface area (Å²) in [4.78, 5) is 15.5. The minimum atomic E-state index is -0.679. The molecule has 2 N–H and O–H groups in total. The third-order valence-electron chi connectivity index (χ3n) is 4.12. The van der Waals surface area contributed by atoms with Crippen molar-refractivity contribution in [1.29, 1.82) is 0 Å². The maximum atomic E-state index is 11.0. The Balaban J connectivity index is 1.73. The van der Waals surface area contributed by atoms with Crippen LogP contribution in [0.3, 0.4) is 0 Å². The Kier molecular flexibility index (Phi) is 3.07. The first kappa shape index (κ1) is 11.7. The van der Waals surface area contributed by atoms with Gasteiger partial charge < -0.3 is 15.0 Å². The molecule has 2 aliphatic heterocycles. The van der Waals surface area contributed by atoms with E-state index in [1.54, 1.807) is 0 Å². The lowest BCUT2D eigenvalue weighted by atomic mass is 9.96. The van der Waals surface area contributed by atoms with E-state index in [-0.39, 0.29) is 5.92 Å². The lowest BCUT2D eigenvalue weighted by Gasteiger charge is -2.22. The molecule has 1 saturated heterocycles. The first-order valence-electron chi connectivity index (χ1n) is 6.73. The van der Waals surface area contributed by atoms with Crippen molar-refractivity contribution in [3.63, 3.8) is 0 Å². The van der Waals surface area contributed by atoms with Gasteiger partial charge in [-0.15, -0.1) is 0 Å². The number of aliphatic carboxylic acids is 1. The highest BCUT2D eigenvalue weighted by molar-refractivity contribution is 5.70. The van der Waals surface area contributed by atoms with Crippen LogP contribution in [-0.4, -0.2) is 33.2 Å². The Morgan fingerprint density at radius 1 is 1.56 bits per heavy atom. The van der Waals surface area contributed by atoms with Crippen molar-refractivity contribution >= 4 is 5.97 Å². The van der Waals surface area contributed by atoms with Gasteiger partial charge in [-0.25, -0.2) is 4.98 Å². The second-order valence-electron chi connectivity index (χ2n) is 5.34. The maximum absolute atomic E-state index is 11.0. The Morgan fingerprint density at radius 3 is 3.17 bits per heavy atom. The van der Waals surface area contributed by atoms with Gasteiger partial charge in [0, 0.05) is 37.3 Å². The van der Waals surface area contributed by atoms with Gasteiger partial charge in [0.05, 0.1) is 5.92 Å². The number of hydrogen-bond donors (Lipinski definition) is 2. The number of nitrogens with one attached hydrogen (secondary N) is 1. The van der Waals surface area contributed by atoms with Crippen molar-refractivity contribution in [3.8, 4) is 0 Å². The number of nitrogens with zero attached hydrogens (tertiary/aromatic N) is 2. The number of aromatic nitrogens is 2. The van der Waals surface area contributed by atoms with E-state index in [2.05, 4.69) is 14.9 Å². The summed E-state index contributed by atoms with van der Waals surface area (Å²) in [5.74, 6) is 0.210. The highest BCUT2D eigenvalue weighted by Crippen LogP contribution is 2.23. The smallest absolute Gasteiger partial charge is 0.306 e. The van der Waals surface area contributed by atoms with E-state index in [4.69, 9.17) is 5.11 Å². The van der Waals surface area contributed by atoms with Gasteiger partial charge >= 0.3 is 5.97 Å². The number of fused-ring (bicyclic) bond motifs is 1. The van der Waals surface area contributed by atoms with Gasteiger partial charge in [-0.2, -0.15) is 0 Å². The van der Waals surface area contributed by atoms with Crippen molar-refractivity contribution in [1.82, 2.24) is 14.9 Å².